The van der Waals surface area contributed by atoms with Gasteiger partial charge in [0.25, 0.3) is 5.91 Å². The first-order valence-electron chi connectivity index (χ1n) is 8.58. The van der Waals surface area contributed by atoms with E-state index in [-0.39, 0.29) is 23.7 Å². The number of hydrogen-bond acceptors (Lipinski definition) is 2. The van der Waals surface area contributed by atoms with E-state index in [0.717, 1.165) is 24.1 Å². The Hall–Kier alpha value is -2.69. The van der Waals surface area contributed by atoms with Gasteiger partial charge in [-0.25, -0.2) is 4.39 Å². The first kappa shape index (κ1) is 15.8. The molecule has 2 aromatic carbocycles. The fraction of sp³-hybridized carbons (Fsp3) is 0.300. The summed E-state index contributed by atoms with van der Waals surface area (Å²) in [5.74, 6) is -0.409. The predicted molar refractivity (Wildman–Crippen MR) is 92.8 cm³/mol. The highest BCUT2D eigenvalue weighted by Gasteiger charge is 2.38. The van der Waals surface area contributed by atoms with Gasteiger partial charge in [0.15, 0.2) is 0 Å². The van der Waals surface area contributed by atoms with Crippen molar-refractivity contribution < 1.29 is 14.0 Å². The molecule has 0 saturated carbocycles. The fourth-order valence-electron chi connectivity index (χ4n) is 3.94. The molecule has 0 radical (unpaired) electrons. The van der Waals surface area contributed by atoms with Crippen molar-refractivity contribution >= 4 is 17.5 Å². The number of halogens is 1. The lowest BCUT2D eigenvalue weighted by atomic mass is 9.80. The molecule has 0 spiro atoms. The molecule has 2 heterocycles. The van der Waals surface area contributed by atoms with E-state index in [1.165, 1.54) is 12.1 Å². The Morgan fingerprint density at radius 3 is 2.60 bits per heavy atom. The third-order valence-corrected chi connectivity index (χ3v) is 5.21. The van der Waals surface area contributed by atoms with Crippen molar-refractivity contribution in [2.24, 2.45) is 5.92 Å². The summed E-state index contributed by atoms with van der Waals surface area (Å²) in [6.07, 6.45) is 1.54. The van der Waals surface area contributed by atoms with Crippen LogP contribution in [-0.2, 0) is 4.79 Å². The number of rotatable bonds is 2. The van der Waals surface area contributed by atoms with Gasteiger partial charge in [-0.05, 0) is 48.6 Å². The van der Waals surface area contributed by atoms with Gasteiger partial charge in [0.1, 0.15) is 5.82 Å². The van der Waals surface area contributed by atoms with E-state index >= 15 is 0 Å². The zero-order valence-electron chi connectivity index (χ0n) is 13.7. The van der Waals surface area contributed by atoms with E-state index in [1.807, 2.05) is 24.3 Å². The highest BCUT2D eigenvalue weighted by Crippen LogP contribution is 2.41. The molecule has 128 valence electrons. The van der Waals surface area contributed by atoms with Gasteiger partial charge in [-0.1, -0.05) is 24.3 Å². The van der Waals surface area contributed by atoms with E-state index < -0.39 is 5.82 Å². The van der Waals surface area contributed by atoms with Crippen LogP contribution in [0.3, 0.4) is 0 Å². The number of fused-ring (bicyclic) bond motifs is 1. The Balaban J connectivity index is 1.45. The number of carbonyl (C=O) groups excluding carboxylic acids is 2. The zero-order chi connectivity index (χ0) is 17.4. The zero-order valence-corrected chi connectivity index (χ0v) is 13.7. The summed E-state index contributed by atoms with van der Waals surface area (Å²) in [6, 6.07) is 13.6. The van der Waals surface area contributed by atoms with Crippen molar-refractivity contribution in [3.05, 3.63) is 65.5 Å². The molecule has 1 saturated heterocycles. The maximum atomic E-state index is 13.3. The number of benzene rings is 2. The molecule has 2 aliphatic rings. The van der Waals surface area contributed by atoms with Crippen LogP contribution in [0.2, 0.25) is 0 Å². The molecule has 4 nitrogen and oxygen atoms in total. The maximum absolute atomic E-state index is 13.3. The second kappa shape index (κ2) is 6.31. The molecule has 5 heteroatoms. The number of likely N-dealkylation sites (tertiary alicyclic amines) is 1. The van der Waals surface area contributed by atoms with Gasteiger partial charge in [-0.15, -0.1) is 0 Å². The highest BCUT2D eigenvalue weighted by molar-refractivity contribution is 6.03. The summed E-state index contributed by atoms with van der Waals surface area (Å²) >= 11 is 0. The molecule has 0 aliphatic carbocycles. The number of para-hydroxylation sites is 1. The van der Waals surface area contributed by atoms with Crippen LogP contribution in [-0.4, -0.2) is 29.8 Å². The average Bonchev–Trinajstić information content (AvgIpc) is 2.97. The quantitative estimate of drug-likeness (QED) is 0.912. The minimum absolute atomic E-state index is 0.0520. The Morgan fingerprint density at radius 2 is 1.84 bits per heavy atom. The third kappa shape index (κ3) is 2.90. The molecule has 2 aliphatic heterocycles. The molecule has 1 fully saturated rings. The highest BCUT2D eigenvalue weighted by atomic mass is 19.1. The molecular formula is C20H19FN2O2. The van der Waals surface area contributed by atoms with Gasteiger partial charge >= 0.3 is 0 Å². The number of piperidine rings is 1. The summed E-state index contributed by atoms with van der Waals surface area (Å²) in [5.41, 5.74) is 2.33. The largest absolute Gasteiger partial charge is 0.339 e. The van der Waals surface area contributed by atoms with Crippen molar-refractivity contribution in [3.63, 3.8) is 0 Å². The summed E-state index contributed by atoms with van der Waals surface area (Å²) in [5, 5.41) is 2.95. The molecular weight excluding hydrogens is 319 g/mol. The average molecular weight is 338 g/mol. The molecule has 2 amide bonds. The standard InChI is InChI=1S/C20H19FN2O2/c21-15-5-3-4-14(12-15)20(25)23-10-8-13(9-11-23)18-16-6-1-2-7-17(16)22-19(18)24/h1-7,12-13,18H,8-11H2,(H,22,24). The lowest BCUT2D eigenvalue weighted by molar-refractivity contribution is -0.118. The first-order chi connectivity index (χ1) is 12.1. The number of hydrogen-bond donors (Lipinski definition) is 1. The predicted octanol–water partition coefficient (Wildman–Crippen LogP) is 3.41. The van der Waals surface area contributed by atoms with Crippen molar-refractivity contribution in [3.8, 4) is 0 Å². The van der Waals surface area contributed by atoms with E-state index in [9.17, 15) is 14.0 Å². The van der Waals surface area contributed by atoms with E-state index in [4.69, 9.17) is 0 Å². The van der Waals surface area contributed by atoms with Crippen LogP contribution >= 0.6 is 0 Å². The van der Waals surface area contributed by atoms with Crippen LogP contribution in [0.5, 0.6) is 0 Å². The second-order valence-electron chi connectivity index (χ2n) is 6.69. The van der Waals surface area contributed by atoms with Crippen LogP contribution in [0.15, 0.2) is 48.5 Å². The summed E-state index contributed by atoms with van der Waals surface area (Å²) in [4.78, 5) is 26.6. The molecule has 25 heavy (non-hydrogen) atoms. The Labute approximate surface area is 145 Å². The number of anilines is 1. The van der Waals surface area contributed by atoms with Crippen molar-refractivity contribution in [2.45, 2.75) is 18.8 Å². The SMILES string of the molecule is O=C1Nc2ccccc2C1C1CCN(C(=O)c2cccc(F)c2)CC1. The van der Waals surface area contributed by atoms with Gasteiger partial charge in [-0.2, -0.15) is 0 Å². The van der Waals surface area contributed by atoms with Gasteiger partial charge in [0, 0.05) is 24.3 Å². The smallest absolute Gasteiger partial charge is 0.253 e. The molecule has 4 rings (SSSR count). The molecule has 1 atom stereocenters. The molecule has 0 bridgehead atoms. The van der Waals surface area contributed by atoms with Gasteiger partial charge in [0.05, 0.1) is 5.92 Å². The van der Waals surface area contributed by atoms with Crippen LogP contribution in [0.25, 0.3) is 0 Å². The summed E-state index contributed by atoms with van der Waals surface area (Å²) in [7, 11) is 0. The summed E-state index contributed by atoms with van der Waals surface area (Å²) < 4.78 is 13.3. The second-order valence-corrected chi connectivity index (χ2v) is 6.69. The van der Waals surface area contributed by atoms with E-state index in [1.54, 1.807) is 17.0 Å². The van der Waals surface area contributed by atoms with Crippen LogP contribution in [0.4, 0.5) is 10.1 Å². The van der Waals surface area contributed by atoms with Gasteiger partial charge in [0.2, 0.25) is 5.91 Å². The number of nitrogens with zero attached hydrogens (tertiary/aromatic N) is 1. The monoisotopic (exact) mass is 338 g/mol. The minimum atomic E-state index is -0.403. The lowest BCUT2D eigenvalue weighted by Crippen LogP contribution is -2.40. The van der Waals surface area contributed by atoms with Crippen LogP contribution < -0.4 is 5.32 Å². The Morgan fingerprint density at radius 1 is 1.08 bits per heavy atom. The van der Waals surface area contributed by atoms with Crippen LogP contribution in [0.1, 0.15) is 34.7 Å². The lowest BCUT2D eigenvalue weighted by Gasteiger charge is -2.34. The Bertz CT molecular complexity index is 828. The van der Waals surface area contributed by atoms with Crippen molar-refractivity contribution in [2.75, 3.05) is 18.4 Å². The van der Waals surface area contributed by atoms with Crippen LogP contribution in [0, 0.1) is 11.7 Å². The molecule has 1 N–H and O–H groups in total. The number of amides is 2. The van der Waals surface area contributed by atoms with Gasteiger partial charge in [-0.3, -0.25) is 9.59 Å². The minimum Gasteiger partial charge on any atom is -0.339 e. The third-order valence-electron chi connectivity index (χ3n) is 5.21. The van der Waals surface area contributed by atoms with Crippen molar-refractivity contribution in [1.29, 1.82) is 0 Å². The maximum Gasteiger partial charge on any atom is 0.253 e. The van der Waals surface area contributed by atoms with Crippen molar-refractivity contribution in [1.82, 2.24) is 4.90 Å². The first-order valence-corrected chi connectivity index (χ1v) is 8.58. The van der Waals surface area contributed by atoms with E-state index in [2.05, 4.69) is 5.32 Å². The molecule has 1 unspecified atom stereocenters. The van der Waals surface area contributed by atoms with E-state index in [0.29, 0.717) is 18.7 Å². The number of carbonyl (C=O) groups is 2. The van der Waals surface area contributed by atoms with Gasteiger partial charge < -0.3 is 10.2 Å². The Kier molecular flexibility index (Phi) is 3.99. The number of nitrogens with one attached hydrogen (secondary N) is 1. The molecule has 0 aromatic heterocycles. The fourth-order valence-corrected chi connectivity index (χ4v) is 3.94. The topological polar surface area (TPSA) is 49.4 Å². The summed E-state index contributed by atoms with van der Waals surface area (Å²) in [6.45, 7) is 1.18. The molecule has 2 aromatic rings. The normalized spacial score (nSPS) is 20.3.